The molecule has 1 atom stereocenters. The minimum atomic E-state index is -3.57. The second-order valence-electron chi connectivity index (χ2n) is 6.71. The Labute approximate surface area is 174 Å². The first-order valence-electron chi connectivity index (χ1n) is 9.32. The molecule has 1 amide bonds. The lowest BCUT2D eigenvalue weighted by Gasteiger charge is -2.19. The SMILES string of the molecule is CCCS(=O)(=O)NC(Cc1cccc2ccccc12)C(=O)NCc1cnc(N)s1. The minimum Gasteiger partial charge on any atom is -0.375 e. The summed E-state index contributed by atoms with van der Waals surface area (Å²) in [5.41, 5.74) is 6.53. The number of aromatic nitrogens is 1. The third-order valence-electron chi connectivity index (χ3n) is 4.42. The van der Waals surface area contributed by atoms with Crippen LogP contribution in [0.15, 0.2) is 48.7 Å². The van der Waals surface area contributed by atoms with Crippen LogP contribution in [0, 0.1) is 0 Å². The molecule has 1 heterocycles. The molecule has 154 valence electrons. The Balaban J connectivity index is 1.82. The summed E-state index contributed by atoms with van der Waals surface area (Å²) >= 11 is 1.28. The molecule has 3 aromatic rings. The van der Waals surface area contributed by atoms with Crippen LogP contribution in [0.25, 0.3) is 10.8 Å². The summed E-state index contributed by atoms with van der Waals surface area (Å²) in [6.45, 7) is 2.03. The van der Waals surface area contributed by atoms with Crippen LogP contribution < -0.4 is 15.8 Å². The summed E-state index contributed by atoms with van der Waals surface area (Å²) in [6.07, 6.45) is 2.32. The van der Waals surface area contributed by atoms with Crippen molar-refractivity contribution in [3.8, 4) is 0 Å². The largest absolute Gasteiger partial charge is 0.375 e. The highest BCUT2D eigenvalue weighted by molar-refractivity contribution is 7.89. The number of fused-ring (bicyclic) bond motifs is 1. The highest BCUT2D eigenvalue weighted by Gasteiger charge is 2.25. The van der Waals surface area contributed by atoms with Gasteiger partial charge in [0.2, 0.25) is 15.9 Å². The summed E-state index contributed by atoms with van der Waals surface area (Å²) < 4.78 is 27.3. The van der Waals surface area contributed by atoms with Gasteiger partial charge in [-0.1, -0.05) is 49.4 Å². The van der Waals surface area contributed by atoms with Crippen molar-refractivity contribution in [2.45, 2.75) is 32.4 Å². The van der Waals surface area contributed by atoms with Crippen molar-refractivity contribution in [2.24, 2.45) is 0 Å². The quantitative estimate of drug-likeness (QED) is 0.480. The molecule has 2 aromatic carbocycles. The standard InChI is InChI=1S/C20H24N4O3S2/c1-2-10-29(26,27)24-18(19(25)22-12-16-13-23-20(21)28-16)11-15-8-5-7-14-6-3-4-9-17(14)15/h3-9,13,18,24H,2,10-12H2,1H3,(H2,21,23)(H,22,25). The Morgan fingerprint density at radius 1 is 1.21 bits per heavy atom. The van der Waals surface area contributed by atoms with Crippen LogP contribution in [0.1, 0.15) is 23.8 Å². The second kappa shape index (κ2) is 9.34. The zero-order valence-corrected chi connectivity index (χ0v) is 17.7. The van der Waals surface area contributed by atoms with Gasteiger partial charge in [-0.3, -0.25) is 4.79 Å². The van der Waals surface area contributed by atoms with E-state index in [-0.39, 0.29) is 24.6 Å². The topological polar surface area (TPSA) is 114 Å². The number of carbonyl (C=O) groups excluding carboxylic acids is 1. The maximum Gasteiger partial charge on any atom is 0.238 e. The summed E-state index contributed by atoms with van der Waals surface area (Å²) in [4.78, 5) is 17.6. The number of rotatable bonds is 9. The zero-order chi connectivity index (χ0) is 20.9. The summed E-state index contributed by atoms with van der Waals surface area (Å²) in [6, 6.07) is 12.7. The number of hydrogen-bond donors (Lipinski definition) is 3. The maximum atomic E-state index is 12.9. The number of nitrogens with one attached hydrogen (secondary N) is 2. The molecule has 0 saturated heterocycles. The molecular weight excluding hydrogens is 408 g/mol. The number of amides is 1. The van der Waals surface area contributed by atoms with E-state index in [0.29, 0.717) is 11.6 Å². The van der Waals surface area contributed by atoms with Crippen molar-refractivity contribution in [3.63, 3.8) is 0 Å². The van der Waals surface area contributed by atoms with Gasteiger partial charge in [0.05, 0.1) is 12.3 Å². The van der Waals surface area contributed by atoms with E-state index >= 15 is 0 Å². The third-order valence-corrected chi connectivity index (χ3v) is 6.84. The molecule has 0 radical (unpaired) electrons. The molecule has 0 aliphatic carbocycles. The average Bonchev–Trinajstić information content (AvgIpc) is 3.11. The molecule has 0 bridgehead atoms. The van der Waals surface area contributed by atoms with Crippen molar-refractivity contribution < 1.29 is 13.2 Å². The Morgan fingerprint density at radius 2 is 1.97 bits per heavy atom. The lowest BCUT2D eigenvalue weighted by molar-refractivity contribution is -0.122. The number of sulfonamides is 1. The average molecular weight is 433 g/mol. The van der Waals surface area contributed by atoms with Gasteiger partial charge < -0.3 is 11.1 Å². The van der Waals surface area contributed by atoms with Gasteiger partial charge in [-0.05, 0) is 29.2 Å². The number of nitrogens with zero attached hydrogens (tertiary/aromatic N) is 1. The molecule has 4 N–H and O–H groups in total. The zero-order valence-electron chi connectivity index (χ0n) is 16.1. The Morgan fingerprint density at radius 3 is 2.69 bits per heavy atom. The van der Waals surface area contributed by atoms with Gasteiger partial charge in [0, 0.05) is 11.1 Å². The van der Waals surface area contributed by atoms with Crippen LogP contribution >= 0.6 is 11.3 Å². The summed E-state index contributed by atoms with van der Waals surface area (Å²) in [5, 5.41) is 5.26. The van der Waals surface area contributed by atoms with Crippen LogP contribution in [-0.4, -0.2) is 31.1 Å². The van der Waals surface area contributed by atoms with Crippen LogP contribution in [0.2, 0.25) is 0 Å². The van der Waals surface area contributed by atoms with Gasteiger partial charge in [-0.2, -0.15) is 0 Å². The maximum absolute atomic E-state index is 12.9. The Kier molecular flexibility index (Phi) is 6.83. The number of hydrogen-bond acceptors (Lipinski definition) is 6. The first-order chi connectivity index (χ1) is 13.9. The molecule has 0 spiro atoms. The molecule has 7 nitrogen and oxygen atoms in total. The summed E-state index contributed by atoms with van der Waals surface area (Å²) in [7, 11) is -3.57. The molecule has 0 aliphatic rings. The fourth-order valence-electron chi connectivity index (χ4n) is 3.12. The number of nitrogens with two attached hydrogens (primary N) is 1. The van der Waals surface area contributed by atoms with Crippen molar-refractivity contribution in [1.82, 2.24) is 15.0 Å². The van der Waals surface area contributed by atoms with E-state index in [1.54, 1.807) is 13.1 Å². The number of benzene rings is 2. The van der Waals surface area contributed by atoms with Crippen molar-refractivity contribution >= 4 is 43.2 Å². The normalized spacial score (nSPS) is 12.7. The van der Waals surface area contributed by atoms with Gasteiger partial charge in [-0.25, -0.2) is 18.1 Å². The van der Waals surface area contributed by atoms with E-state index in [1.807, 2.05) is 42.5 Å². The molecule has 0 saturated carbocycles. The van der Waals surface area contributed by atoms with Gasteiger partial charge in [0.1, 0.15) is 6.04 Å². The van der Waals surface area contributed by atoms with E-state index in [1.165, 1.54) is 11.3 Å². The molecular formula is C20H24N4O3S2. The fourth-order valence-corrected chi connectivity index (χ4v) is 5.03. The predicted molar refractivity (Wildman–Crippen MR) is 117 cm³/mol. The number of anilines is 1. The smallest absolute Gasteiger partial charge is 0.238 e. The molecule has 1 unspecified atom stereocenters. The van der Waals surface area contributed by atoms with Crippen LogP contribution in [0.5, 0.6) is 0 Å². The van der Waals surface area contributed by atoms with Crippen LogP contribution in [-0.2, 0) is 27.8 Å². The van der Waals surface area contributed by atoms with E-state index < -0.39 is 16.1 Å². The van der Waals surface area contributed by atoms with Crippen LogP contribution in [0.3, 0.4) is 0 Å². The van der Waals surface area contributed by atoms with E-state index in [9.17, 15) is 13.2 Å². The molecule has 0 fully saturated rings. The fraction of sp³-hybridized carbons (Fsp3) is 0.300. The van der Waals surface area contributed by atoms with Crippen LogP contribution in [0.4, 0.5) is 5.13 Å². The highest BCUT2D eigenvalue weighted by Crippen LogP contribution is 2.20. The number of nitrogen functional groups attached to an aromatic ring is 1. The lowest BCUT2D eigenvalue weighted by Crippen LogP contribution is -2.48. The lowest BCUT2D eigenvalue weighted by atomic mass is 9.99. The third kappa shape index (κ3) is 5.75. The van der Waals surface area contributed by atoms with Gasteiger partial charge >= 0.3 is 0 Å². The molecule has 9 heteroatoms. The van der Waals surface area contributed by atoms with Gasteiger partial charge in [0.25, 0.3) is 0 Å². The van der Waals surface area contributed by atoms with Gasteiger partial charge in [-0.15, -0.1) is 11.3 Å². The van der Waals surface area contributed by atoms with Crippen molar-refractivity contribution in [1.29, 1.82) is 0 Å². The molecule has 3 rings (SSSR count). The Bertz CT molecular complexity index is 1090. The first kappa shape index (κ1) is 21.2. The first-order valence-corrected chi connectivity index (χ1v) is 11.8. The van der Waals surface area contributed by atoms with Crippen molar-refractivity contribution in [3.05, 3.63) is 59.1 Å². The molecule has 29 heavy (non-hydrogen) atoms. The van der Waals surface area contributed by atoms with Gasteiger partial charge in [0.15, 0.2) is 5.13 Å². The summed E-state index contributed by atoms with van der Waals surface area (Å²) in [5.74, 6) is -0.415. The molecule has 1 aromatic heterocycles. The number of carbonyl (C=O) groups is 1. The highest BCUT2D eigenvalue weighted by atomic mass is 32.2. The van der Waals surface area contributed by atoms with E-state index in [2.05, 4.69) is 15.0 Å². The van der Waals surface area contributed by atoms with E-state index in [0.717, 1.165) is 21.2 Å². The minimum absolute atomic E-state index is 0.0301. The Hall–Kier alpha value is -2.49. The van der Waals surface area contributed by atoms with Crippen molar-refractivity contribution in [2.75, 3.05) is 11.5 Å². The monoisotopic (exact) mass is 432 g/mol. The second-order valence-corrected chi connectivity index (χ2v) is 9.73. The van der Waals surface area contributed by atoms with E-state index in [4.69, 9.17) is 5.73 Å². The predicted octanol–water partition coefficient (Wildman–Crippen LogP) is 2.44. The number of thiazole rings is 1. The molecule has 0 aliphatic heterocycles.